The number of alkyl halides is 3. The molecule has 0 radical (unpaired) electrons. The summed E-state index contributed by atoms with van der Waals surface area (Å²) in [4.78, 5) is 16.4. The minimum absolute atomic E-state index is 0.0883. The van der Waals surface area contributed by atoms with Crippen LogP contribution >= 0.6 is 19.9 Å². The minimum atomic E-state index is -4.63. The van der Waals surface area contributed by atoms with Crippen molar-refractivity contribution in [1.82, 2.24) is 9.97 Å². The first-order valence-electron chi connectivity index (χ1n) is 8.00. The van der Waals surface area contributed by atoms with Crippen LogP contribution in [0.25, 0.3) is 0 Å². The average Bonchev–Trinajstić information content (AvgIpc) is 2.59. The van der Waals surface area contributed by atoms with Gasteiger partial charge in [0.2, 0.25) is 5.95 Å². The summed E-state index contributed by atoms with van der Waals surface area (Å²) < 4.78 is 54.5. The number of anilines is 2. The lowest BCUT2D eigenvalue weighted by Crippen LogP contribution is -2.25. The summed E-state index contributed by atoms with van der Waals surface area (Å²) in [5.74, 6) is -0.0883. The van der Waals surface area contributed by atoms with Crippen molar-refractivity contribution >= 4 is 31.5 Å². The third kappa shape index (κ3) is 5.19. The highest BCUT2D eigenvalue weighted by molar-refractivity contribution is 7.32. The van der Waals surface area contributed by atoms with Crippen LogP contribution in [-0.2, 0) is 20.9 Å². The third-order valence-corrected chi connectivity index (χ3v) is 4.99. The zero-order chi connectivity index (χ0) is 20.2. The maximum Gasteiger partial charge on any atom is 0.420 e. The molecule has 1 unspecified atom stereocenters. The van der Waals surface area contributed by atoms with Crippen molar-refractivity contribution in [3.8, 4) is 0 Å². The number of hydrogen-bond acceptors (Lipinski definition) is 5. The molecule has 0 saturated carbocycles. The summed E-state index contributed by atoms with van der Waals surface area (Å²) in [6, 6.07) is 6.68. The second kappa shape index (κ2) is 8.56. The molecule has 0 aliphatic heterocycles. The molecule has 0 aliphatic rings. The Balaban J connectivity index is 2.23. The fourth-order valence-electron chi connectivity index (χ4n) is 2.63. The molecule has 0 saturated heterocycles. The Kier molecular flexibility index (Phi) is 6.86. The smallest absolute Gasteiger partial charge is 0.326 e. The Morgan fingerprint density at radius 3 is 2.26 bits per heavy atom. The second-order valence-corrected chi connectivity index (χ2v) is 6.76. The predicted octanol–water partition coefficient (Wildman–Crippen LogP) is 5.31. The van der Waals surface area contributed by atoms with Crippen LogP contribution in [0, 0.1) is 0 Å². The first-order valence-corrected chi connectivity index (χ1v) is 9.64. The predicted molar refractivity (Wildman–Crippen MR) is 96.3 cm³/mol. The van der Waals surface area contributed by atoms with Crippen LogP contribution in [0.1, 0.15) is 37.8 Å². The van der Waals surface area contributed by atoms with E-state index in [0.717, 1.165) is 0 Å². The van der Waals surface area contributed by atoms with E-state index in [1.165, 1.54) is 0 Å². The van der Waals surface area contributed by atoms with E-state index in [9.17, 15) is 17.7 Å². The lowest BCUT2D eigenvalue weighted by atomic mass is 9.88. The maximum atomic E-state index is 12.7. The quantitative estimate of drug-likeness (QED) is 0.464. The number of benzene rings is 1. The van der Waals surface area contributed by atoms with Crippen molar-refractivity contribution in [2.45, 2.75) is 38.5 Å². The van der Waals surface area contributed by atoms with Crippen LogP contribution in [0.15, 0.2) is 30.5 Å². The van der Waals surface area contributed by atoms with Gasteiger partial charge >= 0.3 is 14.4 Å². The van der Waals surface area contributed by atoms with Crippen LogP contribution in [-0.4, -0.2) is 14.9 Å². The number of nitrogens with one attached hydrogen (secondary N) is 1. The number of halogens is 4. The van der Waals surface area contributed by atoms with Gasteiger partial charge in [0.1, 0.15) is 16.3 Å². The molecule has 1 aromatic carbocycles. The van der Waals surface area contributed by atoms with E-state index in [-0.39, 0.29) is 5.95 Å². The molecule has 2 rings (SSSR count). The summed E-state index contributed by atoms with van der Waals surface area (Å²) in [7, 11) is -3.13. The number of hydrogen-bond donors (Lipinski definition) is 2. The van der Waals surface area contributed by atoms with Crippen molar-refractivity contribution in [3.05, 3.63) is 46.7 Å². The van der Waals surface area contributed by atoms with Crippen LogP contribution in [0.4, 0.5) is 24.8 Å². The summed E-state index contributed by atoms with van der Waals surface area (Å²) in [6.45, 7) is 3.69. The van der Waals surface area contributed by atoms with Gasteiger partial charge in [0.05, 0.1) is 0 Å². The highest BCUT2D eigenvalue weighted by Gasteiger charge is 2.35. The van der Waals surface area contributed by atoms with Crippen molar-refractivity contribution in [1.29, 1.82) is 0 Å². The van der Waals surface area contributed by atoms with Crippen molar-refractivity contribution in [2.24, 2.45) is 0 Å². The molecule has 0 fully saturated rings. The summed E-state index contributed by atoms with van der Waals surface area (Å²) in [5.41, 5.74) is -0.793. The molecule has 148 valence electrons. The molecule has 11 heteroatoms. The molecule has 0 aliphatic carbocycles. The summed E-state index contributed by atoms with van der Waals surface area (Å²) in [5, 5.41) is 2.06. The molecule has 0 bridgehead atoms. The maximum absolute atomic E-state index is 12.7. The van der Waals surface area contributed by atoms with Gasteiger partial charge in [-0.05, 0) is 30.5 Å². The van der Waals surface area contributed by atoms with Gasteiger partial charge in [0.15, 0.2) is 0 Å². The van der Waals surface area contributed by atoms with Gasteiger partial charge in [-0.3, -0.25) is 9.09 Å². The Bertz CT molecular complexity index is 815. The van der Waals surface area contributed by atoms with Crippen molar-refractivity contribution in [2.75, 3.05) is 5.32 Å². The fraction of sp³-hybridized carbons (Fsp3) is 0.375. The minimum Gasteiger partial charge on any atom is -0.326 e. The highest BCUT2D eigenvalue weighted by atomic mass is 35.5. The van der Waals surface area contributed by atoms with Gasteiger partial charge in [-0.15, -0.1) is 0 Å². The molecular weight excluding hydrogens is 406 g/mol. The Morgan fingerprint density at radius 2 is 1.81 bits per heavy atom. The molecule has 6 nitrogen and oxygen atoms in total. The molecular formula is C16H18ClF3N3O3P. The standard InChI is InChI=1S/C16H18ClF3N3O3P/c1-3-15(4-2,26-27(24)25)10-5-7-11(8-6-10)22-14-21-9-12(13(17)23-14)16(18,19)20/h5-9,27H,3-4H2,1-2H3,(H,24,25)(H,21,22,23). The van der Waals surface area contributed by atoms with Crippen molar-refractivity contribution < 1.29 is 27.2 Å². The summed E-state index contributed by atoms with van der Waals surface area (Å²) in [6.07, 6.45) is -3.04. The highest BCUT2D eigenvalue weighted by Crippen LogP contribution is 2.40. The van der Waals surface area contributed by atoms with Gasteiger partial charge < -0.3 is 10.2 Å². The van der Waals surface area contributed by atoms with Gasteiger partial charge in [-0.2, -0.15) is 13.2 Å². The second-order valence-electron chi connectivity index (χ2n) is 5.67. The zero-order valence-electron chi connectivity index (χ0n) is 14.5. The van der Waals surface area contributed by atoms with E-state index in [1.54, 1.807) is 24.3 Å². The third-order valence-electron chi connectivity index (χ3n) is 4.14. The monoisotopic (exact) mass is 423 g/mol. The molecule has 0 amide bonds. The first-order chi connectivity index (χ1) is 12.6. The van der Waals surface area contributed by atoms with Gasteiger partial charge in [-0.1, -0.05) is 37.6 Å². The van der Waals surface area contributed by atoms with E-state index < -0.39 is 30.7 Å². The first kappa shape index (κ1) is 21.6. The normalized spacial score (nSPS) is 13.4. The van der Waals surface area contributed by atoms with Crippen LogP contribution in [0.2, 0.25) is 5.15 Å². The zero-order valence-corrected chi connectivity index (χ0v) is 16.2. The SMILES string of the molecule is CCC(CC)(O[PH](=O)O)c1ccc(Nc2ncc(C(F)(F)F)c(Cl)n2)cc1. The average molecular weight is 424 g/mol. The molecule has 1 aromatic heterocycles. The topological polar surface area (TPSA) is 84.3 Å². The van der Waals surface area contributed by atoms with E-state index in [4.69, 9.17) is 21.0 Å². The largest absolute Gasteiger partial charge is 0.420 e. The van der Waals surface area contributed by atoms with Crippen LogP contribution in [0.3, 0.4) is 0 Å². The Hall–Kier alpha value is -1.67. The van der Waals surface area contributed by atoms with Gasteiger partial charge in [0, 0.05) is 11.9 Å². The van der Waals surface area contributed by atoms with Crippen LogP contribution < -0.4 is 5.32 Å². The van der Waals surface area contributed by atoms with Crippen molar-refractivity contribution in [3.63, 3.8) is 0 Å². The molecule has 2 aromatic rings. The molecule has 1 heterocycles. The van der Waals surface area contributed by atoms with Crippen LogP contribution in [0.5, 0.6) is 0 Å². The van der Waals surface area contributed by atoms with Gasteiger partial charge in [0.25, 0.3) is 0 Å². The fourth-order valence-corrected chi connectivity index (χ4v) is 3.60. The van der Waals surface area contributed by atoms with E-state index in [1.807, 2.05) is 13.8 Å². The lowest BCUT2D eigenvalue weighted by Gasteiger charge is -2.31. The molecule has 27 heavy (non-hydrogen) atoms. The van der Waals surface area contributed by atoms with Gasteiger partial charge in [-0.25, -0.2) is 9.97 Å². The summed E-state index contributed by atoms with van der Waals surface area (Å²) >= 11 is 5.57. The Morgan fingerprint density at radius 1 is 1.22 bits per heavy atom. The molecule has 2 N–H and O–H groups in total. The lowest BCUT2D eigenvalue weighted by molar-refractivity contribution is -0.137. The Labute approximate surface area is 159 Å². The number of aromatic nitrogens is 2. The van der Waals surface area contributed by atoms with E-state index in [0.29, 0.717) is 30.3 Å². The van der Waals surface area contributed by atoms with E-state index >= 15 is 0 Å². The number of rotatable bonds is 7. The van der Waals surface area contributed by atoms with E-state index in [2.05, 4.69) is 15.3 Å². The number of nitrogens with zero attached hydrogens (tertiary/aromatic N) is 2. The molecule has 1 atom stereocenters. The molecule has 0 spiro atoms.